The van der Waals surface area contributed by atoms with Crippen LogP contribution >= 0.6 is 0 Å². The summed E-state index contributed by atoms with van der Waals surface area (Å²) in [7, 11) is 0. The van der Waals surface area contributed by atoms with Crippen molar-refractivity contribution in [3.63, 3.8) is 0 Å². The van der Waals surface area contributed by atoms with E-state index in [0.29, 0.717) is 30.6 Å². The Hall–Kier alpha value is -1.62. The molecule has 0 spiro atoms. The molecule has 0 radical (unpaired) electrons. The predicted molar refractivity (Wildman–Crippen MR) is 72.7 cm³/mol. The second kappa shape index (κ2) is 5.40. The summed E-state index contributed by atoms with van der Waals surface area (Å²) in [6.45, 7) is 5.90. The van der Waals surface area contributed by atoms with Crippen LogP contribution in [0.3, 0.4) is 0 Å². The lowest BCUT2D eigenvalue weighted by Crippen LogP contribution is -2.40. The summed E-state index contributed by atoms with van der Waals surface area (Å²) in [5.41, 5.74) is 1.13. The van der Waals surface area contributed by atoms with Crippen LogP contribution in [0.4, 0.5) is 9.18 Å². The second-order valence-electron chi connectivity index (χ2n) is 5.99. The third-order valence-electron chi connectivity index (χ3n) is 3.24. The van der Waals surface area contributed by atoms with E-state index in [-0.39, 0.29) is 18.5 Å². The Kier molecular flexibility index (Phi) is 3.99. The molecule has 20 heavy (non-hydrogen) atoms. The van der Waals surface area contributed by atoms with Gasteiger partial charge in [-0.05, 0) is 38.3 Å². The quantitative estimate of drug-likeness (QED) is 0.861. The zero-order valence-corrected chi connectivity index (χ0v) is 12.1. The fraction of sp³-hybridized carbons (Fsp3) is 0.533. The number of aliphatic hydroxyl groups is 1. The van der Waals surface area contributed by atoms with Crippen LogP contribution < -0.4 is 0 Å². The van der Waals surface area contributed by atoms with Crippen molar-refractivity contribution in [2.24, 2.45) is 0 Å². The van der Waals surface area contributed by atoms with Crippen LogP contribution in [0, 0.1) is 5.82 Å². The van der Waals surface area contributed by atoms with Gasteiger partial charge in [-0.15, -0.1) is 0 Å². The van der Waals surface area contributed by atoms with Crippen molar-refractivity contribution in [1.29, 1.82) is 0 Å². The average Bonchev–Trinajstić information content (AvgIpc) is 2.37. The highest BCUT2D eigenvalue weighted by Crippen LogP contribution is 2.25. The van der Waals surface area contributed by atoms with E-state index in [2.05, 4.69) is 0 Å². The van der Waals surface area contributed by atoms with Crippen LogP contribution in [0.5, 0.6) is 0 Å². The van der Waals surface area contributed by atoms with Crippen molar-refractivity contribution < 1.29 is 19.0 Å². The second-order valence-corrected chi connectivity index (χ2v) is 5.99. The smallest absolute Gasteiger partial charge is 0.410 e. The van der Waals surface area contributed by atoms with Gasteiger partial charge < -0.3 is 14.7 Å². The van der Waals surface area contributed by atoms with Gasteiger partial charge in [-0.2, -0.15) is 0 Å². The highest BCUT2D eigenvalue weighted by atomic mass is 19.1. The maximum absolute atomic E-state index is 14.1. The predicted octanol–water partition coefficient (Wildman–Crippen LogP) is 2.61. The lowest BCUT2D eigenvalue weighted by Gasteiger charge is -2.31. The maximum Gasteiger partial charge on any atom is 0.410 e. The number of ether oxygens (including phenoxy) is 1. The lowest BCUT2D eigenvalue weighted by atomic mass is 9.97. The third kappa shape index (κ3) is 3.10. The molecule has 0 saturated heterocycles. The minimum atomic E-state index is -0.538. The van der Waals surface area contributed by atoms with Gasteiger partial charge in [-0.25, -0.2) is 9.18 Å². The van der Waals surface area contributed by atoms with Crippen molar-refractivity contribution in [2.45, 2.75) is 45.9 Å². The molecule has 1 aromatic carbocycles. The molecule has 0 unspecified atom stereocenters. The Labute approximate surface area is 118 Å². The van der Waals surface area contributed by atoms with E-state index >= 15 is 0 Å². The summed E-state index contributed by atoms with van der Waals surface area (Å²) in [6, 6.07) is 3.33. The van der Waals surface area contributed by atoms with Crippen LogP contribution in [-0.2, 0) is 24.3 Å². The van der Waals surface area contributed by atoms with E-state index in [1.807, 2.05) is 20.8 Å². The first-order chi connectivity index (χ1) is 9.31. The topological polar surface area (TPSA) is 49.8 Å². The monoisotopic (exact) mass is 281 g/mol. The standard InChI is InChI=1S/C15H20FNO3/c1-15(2,3)20-14(19)17-7-6-12-10(8-17)4-5-11(9-18)13(12)16/h4-5,18H,6-9H2,1-3H3. The van der Waals surface area contributed by atoms with Gasteiger partial charge in [-0.3, -0.25) is 0 Å². The molecule has 0 saturated carbocycles. The molecule has 0 bridgehead atoms. The zero-order chi connectivity index (χ0) is 14.9. The van der Waals surface area contributed by atoms with Gasteiger partial charge >= 0.3 is 6.09 Å². The minimum Gasteiger partial charge on any atom is -0.444 e. The fourth-order valence-electron chi connectivity index (χ4n) is 2.26. The molecular weight excluding hydrogens is 261 g/mol. The van der Waals surface area contributed by atoms with Gasteiger partial charge in [0.05, 0.1) is 6.61 Å². The van der Waals surface area contributed by atoms with Gasteiger partial charge in [0.25, 0.3) is 0 Å². The third-order valence-corrected chi connectivity index (χ3v) is 3.24. The van der Waals surface area contributed by atoms with E-state index in [4.69, 9.17) is 9.84 Å². The number of nitrogens with zero attached hydrogens (tertiary/aromatic N) is 1. The van der Waals surface area contributed by atoms with E-state index in [1.54, 1.807) is 17.0 Å². The number of carbonyl (C=O) groups is 1. The molecule has 1 aromatic rings. The van der Waals surface area contributed by atoms with Crippen LogP contribution in [0.1, 0.15) is 37.5 Å². The zero-order valence-electron chi connectivity index (χ0n) is 12.1. The van der Waals surface area contributed by atoms with Crippen LogP contribution in [-0.4, -0.2) is 28.2 Å². The van der Waals surface area contributed by atoms with Gasteiger partial charge in [0, 0.05) is 18.7 Å². The highest BCUT2D eigenvalue weighted by Gasteiger charge is 2.27. The molecule has 1 heterocycles. The lowest BCUT2D eigenvalue weighted by molar-refractivity contribution is 0.0222. The van der Waals surface area contributed by atoms with E-state index < -0.39 is 5.60 Å². The Morgan fingerprint density at radius 1 is 1.45 bits per heavy atom. The van der Waals surface area contributed by atoms with Gasteiger partial charge in [0.2, 0.25) is 0 Å². The van der Waals surface area contributed by atoms with Crippen molar-refractivity contribution in [3.8, 4) is 0 Å². The average molecular weight is 281 g/mol. The molecule has 110 valence electrons. The SMILES string of the molecule is CC(C)(C)OC(=O)N1CCc2c(ccc(CO)c2F)C1. The molecule has 2 rings (SSSR count). The maximum atomic E-state index is 14.1. The molecule has 0 aromatic heterocycles. The molecule has 1 N–H and O–H groups in total. The van der Waals surface area contributed by atoms with Crippen LogP contribution in [0.25, 0.3) is 0 Å². The van der Waals surface area contributed by atoms with Crippen molar-refractivity contribution >= 4 is 6.09 Å². The molecule has 1 aliphatic rings. The van der Waals surface area contributed by atoms with E-state index in [9.17, 15) is 9.18 Å². The van der Waals surface area contributed by atoms with Gasteiger partial charge in [0.15, 0.2) is 0 Å². The molecule has 1 amide bonds. The van der Waals surface area contributed by atoms with Crippen molar-refractivity contribution in [1.82, 2.24) is 4.90 Å². The first-order valence-corrected chi connectivity index (χ1v) is 6.69. The normalized spacial score (nSPS) is 14.9. The summed E-state index contributed by atoms with van der Waals surface area (Å²) >= 11 is 0. The molecular formula is C15H20FNO3. The summed E-state index contributed by atoms with van der Waals surface area (Å²) in [5.74, 6) is -0.353. The fourth-order valence-corrected chi connectivity index (χ4v) is 2.26. The number of benzene rings is 1. The number of halogens is 1. The minimum absolute atomic E-state index is 0.300. The molecule has 0 atom stereocenters. The van der Waals surface area contributed by atoms with Crippen LogP contribution in [0.2, 0.25) is 0 Å². The summed E-state index contributed by atoms with van der Waals surface area (Å²) in [5, 5.41) is 9.06. The number of carbonyl (C=O) groups excluding carboxylic acids is 1. The molecule has 4 nitrogen and oxygen atoms in total. The Morgan fingerprint density at radius 3 is 2.75 bits per heavy atom. The van der Waals surface area contributed by atoms with Crippen molar-refractivity contribution in [3.05, 3.63) is 34.6 Å². The summed E-state index contributed by atoms with van der Waals surface area (Å²) in [6.07, 6.45) is 0.0589. The summed E-state index contributed by atoms with van der Waals surface area (Å²) in [4.78, 5) is 13.6. The number of amides is 1. The molecule has 0 fully saturated rings. The largest absolute Gasteiger partial charge is 0.444 e. The number of hydrogen-bond acceptors (Lipinski definition) is 3. The van der Waals surface area contributed by atoms with E-state index in [0.717, 1.165) is 5.56 Å². The van der Waals surface area contributed by atoms with Gasteiger partial charge in [0.1, 0.15) is 11.4 Å². The molecule has 5 heteroatoms. The number of rotatable bonds is 1. The summed E-state index contributed by atoms with van der Waals surface area (Å²) < 4.78 is 19.4. The number of aliphatic hydroxyl groups excluding tert-OH is 1. The van der Waals surface area contributed by atoms with E-state index in [1.165, 1.54) is 0 Å². The van der Waals surface area contributed by atoms with Crippen LogP contribution in [0.15, 0.2) is 12.1 Å². The Morgan fingerprint density at radius 2 is 2.15 bits per heavy atom. The number of hydrogen-bond donors (Lipinski definition) is 1. The molecule has 1 aliphatic heterocycles. The highest BCUT2D eigenvalue weighted by molar-refractivity contribution is 5.68. The van der Waals surface area contributed by atoms with Crippen molar-refractivity contribution in [2.75, 3.05) is 6.54 Å². The van der Waals surface area contributed by atoms with Gasteiger partial charge in [-0.1, -0.05) is 12.1 Å². The molecule has 0 aliphatic carbocycles. The Bertz CT molecular complexity index is 523. The Balaban J connectivity index is 2.16. The first-order valence-electron chi connectivity index (χ1n) is 6.69. The number of fused-ring (bicyclic) bond motifs is 1. The first kappa shape index (κ1) is 14.8.